The molecule has 5 heavy (non-hydrogen) atoms. The van der Waals surface area contributed by atoms with Crippen molar-refractivity contribution >= 4 is 65.2 Å². The average molecular weight is 282 g/mol. The Morgan fingerprint density at radius 3 is 1.00 bits per heavy atom. The van der Waals surface area contributed by atoms with Crippen LogP contribution in [-0.4, -0.2) is 17.4 Å². The first-order valence-corrected chi connectivity index (χ1v) is 2.95. The van der Waals surface area contributed by atoms with Crippen LogP contribution < -0.4 is 0 Å². The monoisotopic (exact) mass is 279 g/mol. The Bertz CT molecular complexity index is 11.6. The summed E-state index contributed by atoms with van der Waals surface area (Å²) in [6.07, 6.45) is 0. The van der Waals surface area contributed by atoms with Gasteiger partial charge in [-0.25, -0.2) is 0 Å². The van der Waals surface area contributed by atoms with Gasteiger partial charge in [0, 0.05) is 0 Å². The number of hydrogen-bond donors (Lipinski definition) is 0. The van der Waals surface area contributed by atoms with Gasteiger partial charge < -0.3 is 0 Å². The molecule has 0 aliphatic carbocycles. The van der Waals surface area contributed by atoms with Crippen LogP contribution in [0.15, 0.2) is 0 Å². The van der Waals surface area contributed by atoms with Crippen LogP contribution in [0, 0.1) is 2.65 Å². The molecule has 0 unspecified atom stereocenters. The highest BCUT2D eigenvalue weighted by Gasteiger charge is 1.79. The maximum atomic E-state index is 3.02. The lowest BCUT2D eigenvalue weighted by Gasteiger charge is -1.68. The molecule has 31 valence electrons. The van der Waals surface area contributed by atoms with E-state index in [0.717, 1.165) is 2.65 Å². The van der Waals surface area contributed by atoms with E-state index >= 15 is 0 Å². The van der Waals surface area contributed by atoms with E-state index in [0.29, 0.717) is 0 Å². The molecule has 0 fully saturated rings. The van der Waals surface area contributed by atoms with Crippen molar-refractivity contribution in [1.82, 2.24) is 0 Å². The largest absolute Gasteiger partial charge is 0.187 e. The van der Waals surface area contributed by atoms with Crippen LogP contribution in [0.5, 0.6) is 0 Å². The van der Waals surface area contributed by atoms with E-state index in [2.05, 4.69) is 47.8 Å². The average Bonchev–Trinajstić information content (AvgIpc) is 0.811. The second-order valence-electron chi connectivity index (χ2n) is 0.214. The lowest BCUT2D eigenvalue weighted by Crippen LogP contribution is -1.31. The zero-order valence-electron chi connectivity index (χ0n) is 1.63. The topological polar surface area (TPSA) is 0 Å². The van der Waals surface area contributed by atoms with Gasteiger partial charge in [-0.3, -0.25) is 0 Å². The van der Waals surface area contributed by atoms with Crippen LogP contribution in [-0.2, 0) is 0 Å². The van der Waals surface area contributed by atoms with Crippen molar-refractivity contribution in [2.24, 2.45) is 0 Å². The highest BCUT2D eigenvalue weighted by Crippen LogP contribution is 2.24. The van der Waals surface area contributed by atoms with Crippen molar-refractivity contribution in [3.8, 4) is 0 Å². The molecule has 0 aromatic heterocycles. The Balaban J connectivity index is 0. The van der Waals surface area contributed by atoms with Gasteiger partial charge in [-0.2, -0.15) is 0 Å². The predicted molar refractivity (Wildman–Crippen MR) is 40.0 cm³/mol. The zero-order valence-corrected chi connectivity index (χ0v) is 6.39. The molecule has 0 aliphatic heterocycles. The summed E-state index contributed by atoms with van der Waals surface area (Å²) in [5.41, 5.74) is 0. The molecule has 0 aromatic carbocycles. The number of rotatable bonds is 0. The van der Waals surface area contributed by atoms with Gasteiger partial charge in [-0.1, -0.05) is 47.8 Å². The minimum absolute atomic E-state index is 0. The standard InChI is InChI=1S/CBr3.Al.3H/c2-1(3)4;;;;. The van der Waals surface area contributed by atoms with Crippen molar-refractivity contribution in [2.75, 3.05) is 0 Å². The SMILES string of the molecule is Br[C](Br)Br.[AlH3]. The molecule has 1 radical (unpaired) electrons. The van der Waals surface area contributed by atoms with E-state index in [-0.39, 0.29) is 17.4 Å². The summed E-state index contributed by atoms with van der Waals surface area (Å²) in [5.74, 6) is 0. The first-order chi connectivity index (χ1) is 1.73. The number of hydrogen-bond acceptors (Lipinski definition) is 0. The third-order valence-corrected chi connectivity index (χ3v) is 0. The fourth-order valence-electron chi connectivity index (χ4n) is 0. The third-order valence-electron chi connectivity index (χ3n) is 0. The molecule has 0 N–H and O–H groups in total. The minimum Gasteiger partial charge on any atom is -0.0564 e. The summed E-state index contributed by atoms with van der Waals surface area (Å²) in [7, 11) is 0. The molecule has 0 atom stereocenters. The van der Waals surface area contributed by atoms with Crippen molar-refractivity contribution in [3.05, 3.63) is 2.65 Å². The van der Waals surface area contributed by atoms with E-state index in [1.165, 1.54) is 0 Å². The third kappa shape index (κ3) is 24.2. The van der Waals surface area contributed by atoms with Crippen LogP contribution in [0.25, 0.3) is 0 Å². The summed E-state index contributed by atoms with van der Waals surface area (Å²) in [6, 6.07) is 0. The fourth-order valence-corrected chi connectivity index (χ4v) is 0. The van der Waals surface area contributed by atoms with Crippen LogP contribution >= 0.6 is 47.8 Å². The Morgan fingerprint density at radius 1 is 1.00 bits per heavy atom. The van der Waals surface area contributed by atoms with Gasteiger partial charge in [0.2, 0.25) is 0 Å². The van der Waals surface area contributed by atoms with Crippen molar-refractivity contribution in [2.45, 2.75) is 0 Å². The smallest absolute Gasteiger partial charge is 0.0564 e. The first kappa shape index (κ1) is 10.1. The van der Waals surface area contributed by atoms with Crippen molar-refractivity contribution in [3.63, 3.8) is 0 Å². The summed E-state index contributed by atoms with van der Waals surface area (Å²) >= 11 is 9.06. The van der Waals surface area contributed by atoms with E-state index in [1.54, 1.807) is 0 Å². The molecule has 0 spiro atoms. The predicted octanol–water partition coefficient (Wildman–Crippen LogP) is 1.43. The zero-order chi connectivity index (χ0) is 3.58. The highest BCUT2D eigenvalue weighted by molar-refractivity contribution is 9.42. The molecule has 0 rings (SSSR count). The summed E-state index contributed by atoms with van der Waals surface area (Å²) in [6.45, 7) is 0. The molecule has 0 aliphatic rings. The van der Waals surface area contributed by atoms with E-state index < -0.39 is 0 Å². The molecule has 0 heterocycles. The maximum Gasteiger partial charge on any atom is 0.187 e. The van der Waals surface area contributed by atoms with Gasteiger partial charge in [-0.05, 0) is 0 Å². The Hall–Kier alpha value is 1.97. The molecule has 0 saturated heterocycles. The van der Waals surface area contributed by atoms with Crippen LogP contribution in [0.1, 0.15) is 0 Å². The molecular weight excluding hydrogens is 279 g/mol. The lowest BCUT2D eigenvalue weighted by atomic mass is 12.0. The van der Waals surface area contributed by atoms with Gasteiger partial charge in [0.25, 0.3) is 0 Å². The summed E-state index contributed by atoms with van der Waals surface area (Å²) in [5, 5.41) is 0. The highest BCUT2D eigenvalue weighted by atomic mass is 80.0. The second-order valence-corrected chi connectivity index (χ2v) is 5.79. The summed E-state index contributed by atoms with van der Waals surface area (Å²) < 4.78 is 0.854. The molecular formula is CH3AlBr3. The number of halogens is 3. The summed E-state index contributed by atoms with van der Waals surface area (Å²) in [4.78, 5) is 0. The first-order valence-electron chi connectivity index (χ1n) is 0.567. The fraction of sp³-hybridized carbons (Fsp3) is 0. The van der Waals surface area contributed by atoms with Crippen LogP contribution in [0.4, 0.5) is 0 Å². The Morgan fingerprint density at radius 2 is 1.00 bits per heavy atom. The van der Waals surface area contributed by atoms with E-state index in [1.807, 2.05) is 0 Å². The van der Waals surface area contributed by atoms with Gasteiger partial charge in [0.1, 0.15) is 0 Å². The van der Waals surface area contributed by atoms with Crippen molar-refractivity contribution < 1.29 is 0 Å². The molecule has 0 saturated carbocycles. The maximum absolute atomic E-state index is 3.02. The van der Waals surface area contributed by atoms with Gasteiger partial charge in [-0.15, -0.1) is 0 Å². The van der Waals surface area contributed by atoms with Gasteiger partial charge in [0.05, 0.1) is 0 Å². The quantitative estimate of drug-likeness (QED) is 0.590. The molecule has 0 nitrogen and oxygen atoms in total. The van der Waals surface area contributed by atoms with E-state index in [9.17, 15) is 0 Å². The Kier molecular flexibility index (Phi) is 12.0. The minimum atomic E-state index is 0. The van der Waals surface area contributed by atoms with Gasteiger partial charge in [0.15, 0.2) is 20.0 Å². The second kappa shape index (κ2) is 5.97. The molecule has 0 bridgehead atoms. The van der Waals surface area contributed by atoms with E-state index in [4.69, 9.17) is 0 Å². The van der Waals surface area contributed by atoms with Crippen LogP contribution in [0.2, 0.25) is 0 Å². The molecule has 0 aromatic rings. The Labute approximate surface area is 67.2 Å². The lowest BCUT2D eigenvalue weighted by molar-refractivity contribution is 2.76. The van der Waals surface area contributed by atoms with Gasteiger partial charge >= 0.3 is 0 Å². The normalized spacial score (nSPS) is 7.20. The molecule has 0 amide bonds. The molecule has 4 heteroatoms. The van der Waals surface area contributed by atoms with Crippen molar-refractivity contribution in [1.29, 1.82) is 0 Å². The van der Waals surface area contributed by atoms with Crippen LogP contribution in [0.3, 0.4) is 0 Å².